The molecule has 0 aromatic carbocycles. The Morgan fingerprint density at radius 2 is 1.92 bits per heavy atom. The summed E-state index contributed by atoms with van der Waals surface area (Å²) >= 11 is 0. The van der Waals surface area contributed by atoms with Gasteiger partial charge in [-0.2, -0.15) is 0 Å². The summed E-state index contributed by atoms with van der Waals surface area (Å²) in [4.78, 5) is 33.3. The monoisotopic (exact) mass is 357 g/mol. The van der Waals surface area contributed by atoms with Crippen molar-refractivity contribution in [3.8, 4) is 0 Å². The Bertz CT molecular complexity index is 824. The van der Waals surface area contributed by atoms with Crippen molar-refractivity contribution in [1.29, 1.82) is 0 Å². The second-order valence-corrected chi connectivity index (χ2v) is 6.85. The van der Waals surface area contributed by atoms with Gasteiger partial charge in [0.1, 0.15) is 5.65 Å². The average Bonchev–Trinajstić information content (AvgIpc) is 2.61. The van der Waals surface area contributed by atoms with E-state index < -0.39 is 0 Å². The van der Waals surface area contributed by atoms with E-state index in [4.69, 9.17) is 0 Å². The van der Waals surface area contributed by atoms with Gasteiger partial charge in [-0.05, 0) is 25.5 Å². The fraction of sp³-hybridized carbons (Fsp3) is 0.526. The first kappa shape index (κ1) is 18.5. The average molecular weight is 357 g/mol. The van der Waals surface area contributed by atoms with Crippen LogP contribution in [-0.2, 0) is 11.3 Å². The number of hydrogen-bond acceptors (Lipinski definition) is 5. The number of carbonyl (C=O) groups is 1. The number of aryl methyl sites for hydroxylation is 1. The minimum atomic E-state index is -0.0330. The van der Waals surface area contributed by atoms with E-state index in [0.29, 0.717) is 18.7 Å². The Balaban J connectivity index is 1.57. The third kappa shape index (κ3) is 4.47. The van der Waals surface area contributed by atoms with Crippen LogP contribution in [0.3, 0.4) is 0 Å². The Morgan fingerprint density at radius 1 is 1.19 bits per heavy atom. The number of pyridine rings is 1. The van der Waals surface area contributed by atoms with Crippen molar-refractivity contribution in [1.82, 2.24) is 24.5 Å². The molecule has 0 saturated carbocycles. The molecule has 1 N–H and O–H groups in total. The molecule has 3 rings (SSSR count). The van der Waals surface area contributed by atoms with Crippen LogP contribution in [0.2, 0.25) is 0 Å². The molecule has 2 aromatic rings. The van der Waals surface area contributed by atoms with E-state index in [1.165, 1.54) is 0 Å². The molecule has 0 radical (unpaired) electrons. The standard InChI is InChI=1S/C19H27N5O2/c1-3-7-20-18(25)14-23-10-8-22(9-11-23)13-16-12-19(26)24-15(2)5-4-6-17(24)21-16/h4-6,12H,3,7-11,13-14H2,1-2H3,(H,20,25). The van der Waals surface area contributed by atoms with Crippen LogP contribution in [0.15, 0.2) is 29.1 Å². The summed E-state index contributed by atoms with van der Waals surface area (Å²) in [6, 6.07) is 7.32. The highest BCUT2D eigenvalue weighted by Crippen LogP contribution is 2.08. The maximum Gasteiger partial charge on any atom is 0.258 e. The van der Waals surface area contributed by atoms with Gasteiger partial charge in [0.25, 0.3) is 5.56 Å². The Kier molecular flexibility index (Phi) is 6.00. The van der Waals surface area contributed by atoms with Crippen LogP contribution in [0.4, 0.5) is 0 Å². The largest absolute Gasteiger partial charge is 0.355 e. The topological polar surface area (TPSA) is 70.0 Å². The van der Waals surface area contributed by atoms with Crippen LogP contribution in [0, 0.1) is 6.92 Å². The Labute approximate surface area is 153 Å². The summed E-state index contributed by atoms with van der Waals surface area (Å²) in [5.74, 6) is 0.0971. The number of nitrogens with zero attached hydrogens (tertiary/aromatic N) is 4. The zero-order valence-electron chi connectivity index (χ0n) is 15.6. The molecule has 2 aromatic heterocycles. The Morgan fingerprint density at radius 3 is 2.65 bits per heavy atom. The van der Waals surface area contributed by atoms with Gasteiger partial charge in [-0.3, -0.25) is 23.8 Å². The molecule has 7 heteroatoms. The second kappa shape index (κ2) is 8.42. The van der Waals surface area contributed by atoms with E-state index in [9.17, 15) is 9.59 Å². The number of fused-ring (bicyclic) bond motifs is 1. The predicted molar refractivity (Wildman–Crippen MR) is 101 cm³/mol. The summed E-state index contributed by atoms with van der Waals surface area (Å²) in [5, 5.41) is 2.92. The van der Waals surface area contributed by atoms with Crippen molar-refractivity contribution in [2.24, 2.45) is 0 Å². The number of piperazine rings is 1. The van der Waals surface area contributed by atoms with Crippen molar-refractivity contribution < 1.29 is 4.79 Å². The zero-order valence-corrected chi connectivity index (χ0v) is 15.6. The quantitative estimate of drug-likeness (QED) is 0.822. The van der Waals surface area contributed by atoms with E-state index in [1.54, 1.807) is 10.5 Å². The molecule has 0 unspecified atom stereocenters. The van der Waals surface area contributed by atoms with Crippen LogP contribution in [0.25, 0.3) is 5.65 Å². The third-order valence-electron chi connectivity index (χ3n) is 4.72. The molecule has 1 aliphatic heterocycles. The molecule has 1 amide bonds. The minimum Gasteiger partial charge on any atom is -0.355 e. The molecule has 1 aliphatic rings. The van der Waals surface area contributed by atoms with Gasteiger partial charge in [-0.1, -0.05) is 13.0 Å². The number of nitrogens with one attached hydrogen (secondary N) is 1. The van der Waals surface area contributed by atoms with Gasteiger partial charge in [0.05, 0.1) is 12.2 Å². The molecule has 0 spiro atoms. The predicted octanol–water partition coefficient (Wildman–Crippen LogP) is 0.647. The summed E-state index contributed by atoms with van der Waals surface area (Å²) in [7, 11) is 0. The molecule has 7 nitrogen and oxygen atoms in total. The van der Waals surface area contributed by atoms with Crippen molar-refractivity contribution in [2.75, 3.05) is 39.3 Å². The maximum atomic E-state index is 12.4. The van der Waals surface area contributed by atoms with Crippen LogP contribution in [0.1, 0.15) is 24.7 Å². The smallest absolute Gasteiger partial charge is 0.258 e. The number of amides is 1. The van der Waals surface area contributed by atoms with E-state index in [-0.39, 0.29) is 11.5 Å². The maximum absolute atomic E-state index is 12.4. The molecular weight excluding hydrogens is 330 g/mol. The molecule has 140 valence electrons. The lowest BCUT2D eigenvalue weighted by molar-refractivity contribution is -0.122. The fourth-order valence-electron chi connectivity index (χ4n) is 3.30. The minimum absolute atomic E-state index is 0.0330. The first-order valence-electron chi connectivity index (χ1n) is 9.26. The van der Waals surface area contributed by atoms with E-state index >= 15 is 0 Å². The highest BCUT2D eigenvalue weighted by molar-refractivity contribution is 5.77. The molecule has 1 saturated heterocycles. The molecule has 26 heavy (non-hydrogen) atoms. The lowest BCUT2D eigenvalue weighted by Gasteiger charge is -2.34. The van der Waals surface area contributed by atoms with Crippen molar-refractivity contribution in [3.63, 3.8) is 0 Å². The van der Waals surface area contributed by atoms with Crippen LogP contribution >= 0.6 is 0 Å². The van der Waals surface area contributed by atoms with Crippen LogP contribution < -0.4 is 10.9 Å². The van der Waals surface area contributed by atoms with Gasteiger partial charge in [-0.15, -0.1) is 0 Å². The molecule has 3 heterocycles. The lowest BCUT2D eigenvalue weighted by atomic mass is 10.2. The van der Waals surface area contributed by atoms with E-state index in [1.807, 2.05) is 32.0 Å². The summed E-state index contributed by atoms with van der Waals surface area (Å²) in [6.07, 6.45) is 0.956. The van der Waals surface area contributed by atoms with Gasteiger partial charge < -0.3 is 5.32 Å². The molecule has 0 aliphatic carbocycles. The van der Waals surface area contributed by atoms with E-state index in [2.05, 4.69) is 20.1 Å². The van der Waals surface area contributed by atoms with Gasteiger partial charge in [0.15, 0.2) is 0 Å². The second-order valence-electron chi connectivity index (χ2n) is 6.85. The Hall–Kier alpha value is -2.25. The van der Waals surface area contributed by atoms with Crippen molar-refractivity contribution >= 4 is 11.6 Å². The molecule has 0 atom stereocenters. The SMILES string of the molecule is CCCNC(=O)CN1CCN(Cc2cc(=O)n3c(C)cccc3n2)CC1. The summed E-state index contributed by atoms with van der Waals surface area (Å²) in [6.45, 7) is 9.26. The lowest BCUT2D eigenvalue weighted by Crippen LogP contribution is -2.49. The van der Waals surface area contributed by atoms with Crippen LogP contribution in [-0.4, -0.2) is 64.4 Å². The normalized spacial score (nSPS) is 16.1. The number of carbonyl (C=O) groups excluding carboxylic acids is 1. The molecular formula is C19H27N5O2. The number of aromatic nitrogens is 2. The van der Waals surface area contributed by atoms with Gasteiger partial charge in [0.2, 0.25) is 5.91 Å². The molecule has 0 bridgehead atoms. The zero-order chi connectivity index (χ0) is 18.5. The highest BCUT2D eigenvalue weighted by Gasteiger charge is 2.19. The summed E-state index contributed by atoms with van der Waals surface area (Å²) in [5.41, 5.74) is 2.35. The number of hydrogen-bond donors (Lipinski definition) is 1. The number of rotatable bonds is 6. The fourth-order valence-corrected chi connectivity index (χ4v) is 3.30. The van der Waals surface area contributed by atoms with Crippen molar-refractivity contribution in [3.05, 3.63) is 46.0 Å². The van der Waals surface area contributed by atoms with Crippen LogP contribution in [0.5, 0.6) is 0 Å². The van der Waals surface area contributed by atoms with Gasteiger partial charge >= 0.3 is 0 Å². The first-order chi connectivity index (χ1) is 12.6. The third-order valence-corrected chi connectivity index (χ3v) is 4.72. The summed E-state index contributed by atoms with van der Waals surface area (Å²) < 4.78 is 1.64. The highest BCUT2D eigenvalue weighted by atomic mass is 16.2. The van der Waals surface area contributed by atoms with Crippen molar-refractivity contribution in [2.45, 2.75) is 26.8 Å². The first-order valence-corrected chi connectivity index (χ1v) is 9.26. The molecule has 1 fully saturated rings. The van der Waals surface area contributed by atoms with E-state index in [0.717, 1.165) is 50.5 Å². The van der Waals surface area contributed by atoms with Gasteiger partial charge in [-0.25, -0.2) is 4.98 Å². The van der Waals surface area contributed by atoms with Gasteiger partial charge in [0, 0.05) is 51.0 Å².